The molecule has 3 heterocycles. The number of piperazine rings is 1. The Labute approximate surface area is 184 Å². The number of carbonyl (C=O) groups excluding carboxylic acids is 2. The number of carbonyl (C=O) groups is 2. The number of hydrogen-bond donors (Lipinski definition) is 0. The molecule has 0 aliphatic carbocycles. The topological polar surface area (TPSA) is 102 Å². The lowest BCUT2D eigenvalue weighted by Gasteiger charge is -2.34. The maximum Gasteiger partial charge on any atom is 0.244 e. The third-order valence-corrected chi connectivity index (χ3v) is 5.77. The molecule has 1 fully saturated rings. The number of benzene rings is 1. The van der Waals surface area contributed by atoms with Crippen molar-refractivity contribution in [2.24, 2.45) is 0 Å². The van der Waals surface area contributed by atoms with Crippen LogP contribution >= 0.6 is 11.6 Å². The van der Waals surface area contributed by atoms with E-state index in [1.54, 1.807) is 9.80 Å². The van der Waals surface area contributed by atoms with Crippen LogP contribution in [-0.2, 0) is 22.6 Å². The van der Waals surface area contributed by atoms with Gasteiger partial charge in [-0.3, -0.25) is 9.59 Å². The van der Waals surface area contributed by atoms with Crippen LogP contribution in [0.2, 0.25) is 5.02 Å². The van der Waals surface area contributed by atoms with Gasteiger partial charge in [0.15, 0.2) is 0 Å². The van der Waals surface area contributed by atoms with Crippen molar-refractivity contribution in [3.8, 4) is 5.69 Å². The molecule has 0 bridgehead atoms. The molecule has 0 atom stereocenters. The number of aromatic nitrogens is 6. The fourth-order valence-electron chi connectivity index (χ4n) is 3.72. The summed E-state index contributed by atoms with van der Waals surface area (Å²) in [5.41, 5.74) is 3.59. The van der Waals surface area contributed by atoms with Crippen LogP contribution in [0, 0.1) is 13.8 Å². The summed E-state index contributed by atoms with van der Waals surface area (Å²) in [7, 11) is 0. The molecule has 0 spiro atoms. The first-order valence-corrected chi connectivity index (χ1v) is 10.4. The number of nitrogens with zero attached hydrogens (tertiary/aromatic N) is 8. The molecule has 1 aromatic carbocycles. The number of hydrogen-bond acceptors (Lipinski definition) is 6. The third kappa shape index (κ3) is 4.58. The number of rotatable bonds is 5. The quantitative estimate of drug-likeness (QED) is 0.585. The van der Waals surface area contributed by atoms with Gasteiger partial charge in [0.05, 0.1) is 17.8 Å². The molecule has 0 saturated carbocycles. The minimum Gasteiger partial charge on any atom is -0.339 e. The Balaban J connectivity index is 1.37. The van der Waals surface area contributed by atoms with Gasteiger partial charge in [0, 0.05) is 42.5 Å². The highest BCUT2D eigenvalue weighted by Crippen LogP contribution is 2.21. The summed E-state index contributed by atoms with van der Waals surface area (Å²) in [5, 5.41) is 16.0. The van der Waals surface area contributed by atoms with Crippen LogP contribution in [0.3, 0.4) is 0 Å². The number of halogens is 1. The van der Waals surface area contributed by atoms with Gasteiger partial charge < -0.3 is 9.80 Å². The van der Waals surface area contributed by atoms with E-state index in [-0.39, 0.29) is 24.8 Å². The Hall–Kier alpha value is -3.27. The van der Waals surface area contributed by atoms with Crippen molar-refractivity contribution in [2.75, 3.05) is 26.2 Å². The molecule has 0 unspecified atom stereocenters. The summed E-state index contributed by atoms with van der Waals surface area (Å²) < 4.78 is 3.23. The van der Waals surface area contributed by atoms with E-state index < -0.39 is 0 Å². The van der Waals surface area contributed by atoms with Gasteiger partial charge in [-0.1, -0.05) is 11.6 Å². The van der Waals surface area contributed by atoms with Crippen LogP contribution in [0.1, 0.15) is 17.0 Å². The molecule has 0 radical (unpaired) electrons. The number of amides is 2. The Kier molecular flexibility index (Phi) is 5.99. The molecule has 4 rings (SSSR count). The average molecular weight is 443 g/mol. The zero-order valence-corrected chi connectivity index (χ0v) is 18.2. The predicted octanol–water partition coefficient (Wildman–Crippen LogP) is 1.04. The summed E-state index contributed by atoms with van der Waals surface area (Å²) in [6.45, 7) is 5.98. The maximum atomic E-state index is 12.9. The second-order valence-electron chi connectivity index (χ2n) is 7.48. The van der Waals surface area contributed by atoms with E-state index in [0.717, 1.165) is 22.6 Å². The van der Waals surface area contributed by atoms with E-state index in [4.69, 9.17) is 11.6 Å². The van der Waals surface area contributed by atoms with Crippen molar-refractivity contribution >= 4 is 23.4 Å². The Morgan fingerprint density at radius 1 is 1.00 bits per heavy atom. The zero-order valence-electron chi connectivity index (χ0n) is 17.4. The van der Waals surface area contributed by atoms with Crippen molar-refractivity contribution in [3.63, 3.8) is 0 Å². The molecular weight excluding hydrogens is 420 g/mol. The molecule has 2 aromatic heterocycles. The van der Waals surface area contributed by atoms with Gasteiger partial charge >= 0.3 is 0 Å². The monoisotopic (exact) mass is 442 g/mol. The summed E-state index contributed by atoms with van der Waals surface area (Å²) in [4.78, 5) is 28.8. The van der Waals surface area contributed by atoms with Gasteiger partial charge in [-0.05, 0) is 48.5 Å². The highest BCUT2D eigenvalue weighted by Gasteiger charge is 2.26. The zero-order chi connectivity index (χ0) is 22.0. The molecule has 31 heavy (non-hydrogen) atoms. The standard InChI is InChI=1S/C20H23ClN8O2/c1-14-18(15(2)29(23-14)17-5-3-16(21)4-6-17)11-19(30)26-7-9-27(10-8-26)20(31)12-28-13-22-24-25-28/h3-6,13H,7-12H2,1-2H3. The molecule has 1 saturated heterocycles. The van der Waals surface area contributed by atoms with E-state index in [9.17, 15) is 9.59 Å². The van der Waals surface area contributed by atoms with Crippen LogP contribution in [0.4, 0.5) is 0 Å². The second-order valence-corrected chi connectivity index (χ2v) is 7.92. The Morgan fingerprint density at radius 2 is 1.65 bits per heavy atom. The predicted molar refractivity (Wildman–Crippen MR) is 113 cm³/mol. The number of tetrazole rings is 1. The smallest absolute Gasteiger partial charge is 0.244 e. The van der Waals surface area contributed by atoms with E-state index >= 15 is 0 Å². The molecule has 1 aliphatic rings. The molecule has 2 amide bonds. The molecular formula is C20H23ClN8O2. The highest BCUT2D eigenvalue weighted by molar-refractivity contribution is 6.30. The molecule has 11 heteroatoms. The normalized spacial score (nSPS) is 14.2. The molecule has 0 N–H and O–H groups in total. The SMILES string of the molecule is Cc1nn(-c2ccc(Cl)cc2)c(C)c1CC(=O)N1CCN(C(=O)Cn2cnnn2)CC1. The van der Waals surface area contributed by atoms with Crippen molar-refractivity contribution < 1.29 is 9.59 Å². The van der Waals surface area contributed by atoms with Crippen LogP contribution in [0.5, 0.6) is 0 Å². The minimum atomic E-state index is -0.0599. The molecule has 162 valence electrons. The van der Waals surface area contributed by atoms with Crippen LogP contribution < -0.4 is 0 Å². The fourth-order valence-corrected chi connectivity index (χ4v) is 3.85. The van der Waals surface area contributed by atoms with Crippen molar-refractivity contribution in [1.82, 2.24) is 39.8 Å². The van der Waals surface area contributed by atoms with Gasteiger partial charge in [-0.15, -0.1) is 5.10 Å². The Morgan fingerprint density at radius 3 is 2.26 bits per heavy atom. The van der Waals surface area contributed by atoms with Gasteiger partial charge in [-0.25, -0.2) is 9.36 Å². The summed E-state index contributed by atoms with van der Waals surface area (Å²) in [5.74, 6) is -0.0234. The Bertz CT molecular complexity index is 1070. The van der Waals surface area contributed by atoms with E-state index in [0.29, 0.717) is 31.2 Å². The molecule has 3 aromatic rings. The van der Waals surface area contributed by atoms with Crippen LogP contribution in [-0.4, -0.2) is 77.8 Å². The van der Waals surface area contributed by atoms with Crippen LogP contribution in [0.25, 0.3) is 5.69 Å². The fraction of sp³-hybridized carbons (Fsp3) is 0.400. The summed E-state index contributed by atoms with van der Waals surface area (Å²) in [6.07, 6.45) is 1.69. The first kappa shape index (κ1) is 21.0. The molecule has 10 nitrogen and oxygen atoms in total. The van der Waals surface area contributed by atoms with Crippen molar-refractivity contribution in [2.45, 2.75) is 26.8 Å². The first-order valence-electron chi connectivity index (χ1n) is 9.99. The van der Waals surface area contributed by atoms with E-state index in [2.05, 4.69) is 20.6 Å². The largest absolute Gasteiger partial charge is 0.339 e. The average Bonchev–Trinajstić information content (AvgIpc) is 3.38. The summed E-state index contributed by atoms with van der Waals surface area (Å²) >= 11 is 5.98. The van der Waals surface area contributed by atoms with Gasteiger partial charge in [-0.2, -0.15) is 5.10 Å². The first-order chi connectivity index (χ1) is 14.9. The van der Waals surface area contributed by atoms with Crippen molar-refractivity contribution in [3.05, 3.63) is 52.6 Å². The summed E-state index contributed by atoms with van der Waals surface area (Å²) in [6, 6.07) is 7.44. The van der Waals surface area contributed by atoms with Gasteiger partial charge in [0.25, 0.3) is 0 Å². The minimum absolute atomic E-state index is 0.0365. The van der Waals surface area contributed by atoms with E-state index in [1.807, 2.05) is 42.8 Å². The van der Waals surface area contributed by atoms with E-state index in [1.165, 1.54) is 11.0 Å². The van der Waals surface area contributed by atoms with Crippen molar-refractivity contribution in [1.29, 1.82) is 0 Å². The van der Waals surface area contributed by atoms with Gasteiger partial charge in [0.2, 0.25) is 11.8 Å². The lowest BCUT2D eigenvalue weighted by atomic mass is 10.1. The van der Waals surface area contributed by atoms with Gasteiger partial charge in [0.1, 0.15) is 12.9 Å². The molecule has 1 aliphatic heterocycles. The maximum absolute atomic E-state index is 12.9. The lowest BCUT2D eigenvalue weighted by Crippen LogP contribution is -2.51. The third-order valence-electron chi connectivity index (χ3n) is 5.51. The highest BCUT2D eigenvalue weighted by atomic mass is 35.5. The second kappa shape index (κ2) is 8.84. The van der Waals surface area contributed by atoms with Crippen LogP contribution in [0.15, 0.2) is 30.6 Å². The number of aryl methyl sites for hydroxylation is 1. The lowest BCUT2D eigenvalue weighted by molar-refractivity contribution is -0.139.